The Balaban J connectivity index is 1.10. The lowest BCUT2D eigenvalue weighted by Crippen LogP contribution is -2.63. The number of piperazine rings is 1. The number of ether oxygens (including phenoxy) is 2. The van der Waals surface area contributed by atoms with Crippen molar-refractivity contribution in [2.24, 2.45) is 17.3 Å². The van der Waals surface area contributed by atoms with Crippen molar-refractivity contribution in [2.45, 2.75) is 97.3 Å². The van der Waals surface area contributed by atoms with E-state index in [9.17, 15) is 19.2 Å². The molecule has 4 atom stereocenters. The Bertz CT molecular complexity index is 3110. The molecule has 0 radical (unpaired) electrons. The summed E-state index contributed by atoms with van der Waals surface area (Å²) in [6, 6.07) is 2.48. The SMILES string of the molecule is CO[C@@H](C)c1ncc(N2CCN(C)CC2)cc1-c1c2c3cc(c(F)cc3n1CC(F)(F)F)-c1csc(n1)C[C@H](NC(=O)[C@H](C(C)C)N(C)C(=O)N1CC(C#Cc3ncccn3)C1)C(=O)N1CCC[C@H](N1)C(=O)OCC(C)(C)C2. The average Bonchev–Trinajstić information content (AvgIpc) is 4.13. The third-order valence-electron chi connectivity index (χ3n) is 14.9. The smallest absolute Gasteiger partial charge is 0.406 e. The number of rotatable bonds is 9. The number of urea groups is 1. The summed E-state index contributed by atoms with van der Waals surface area (Å²) in [5.41, 5.74) is 4.38. The number of likely N-dealkylation sites (tertiary alicyclic amines) is 1. The van der Waals surface area contributed by atoms with Gasteiger partial charge in [0.05, 0.1) is 58.1 Å². The van der Waals surface area contributed by atoms with Crippen LogP contribution in [0.15, 0.2) is 48.2 Å². The van der Waals surface area contributed by atoms with Gasteiger partial charge in [-0.1, -0.05) is 33.6 Å². The summed E-state index contributed by atoms with van der Waals surface area (Å²) < 4.78 is 75.1. The van der Waals surface area contributed by atoms with Gasteiger partial charge < -0.3 is 39.0 Å². The van der Waals surface area contributed by atoms with Gasteiger partial charge in [-0.3, -0.25) is 24.4 Å². The number of nitrogens with one attached hydrogen (secondary N) is 2. The molecule has 0 spiro atoms. The van der Waals surface area contributed by atoms with E-state index in [4.69, 9.17) is 19.4 Å². The molecule has 3 saturated heterocycles. The van der Waals surface area contributed by atoms with Gasteiger partial charge in [0.15, 0.2) is 0 Å². The summed E-state index contributed by atoms with van der Waals surface area (Å²) in [6.07, 6.45) is 0.115. The number of alkyl halides is 3. The zero-order chi connectivity index (χ0) is 55.8. The zero-order valence-corrected chi connectivity index (χ0v) is 45.9. The van der Waals surface area contributed by atoms with E-state index in [1.54, 1.807) is 55.7 Å². The summed E-state index contributed by atoms with van der Waals surface area (Å²) in [7, 11) is 5.06. The Kier molecular flexibility index (Phi) is 16.5. The predicted molar refractivity (Wildman–Crippen MR) is 285 cm³/mol. The fourth-order valence-electron chi connectivity index (χ4n) is 10.7. The van der Waals surface area contributed by atoms with E-state index >= 15 is 17.6 Å². The summed E-state index contributed by atoms with van der Waals surface area (Å²) in [5.74, 6) is 3.19. The lowest BCUT2D eigenvalue weighted by Gasteiger charge is -2.41. The number of carbonyl (C=O) groups is 4. The van der Waals surface area contributed by atoms with Gasteiger partial charge in [0.2, 0.25) is 11.7 Å². The highest BCUT2D eigenvalue weighted by molar-refractivity contribution is 7.10. The second-order valence-corrected chi connectivity index (χ2v) is 22.8. The number of hydrogen-bond acceptors (Lipinski definition) is 14. The van der Waals surface area contributed by atoms with Crippen molar-refractivity contribution in [3.63, 3.8) is 0 Å². The number of thiazole rings is 1. The maximum absolute atomic E-state index is 17.0. The van der Waals surface area contributed by atoms with Crippen LogP contribution >= 0.6 is 11.3 Å². The molecule has 3 fully saturated rings. The van der Waals surface area contributed by atoms with E-state index in [-0.39, 0.29) is 54.4 Å². The van der Waals surface area contributed by atoms with Gasteiger partial charge in [-0.25, -0.2) is 29.6 Å². The van der Waals surface area contributed by atoms with Gasteiger partial charge in [-0.2, -0.15) is 13.2 Å². The molecule has 2 N–H and O–H groups in total. The first-order valence-electron chi connectivity index (χ1n) is 26.3. The highest BCUT2D eigenvalue weighted by Crippen LogP contribution is 2.45. The van der Waals surface area contributed by atoms with Crippen molar-refractivity contribution in [3.05, 3.63) is 76.1 Å². The Hall–Kier alpha value is -6.74. The number of halogens is 4. The summed E-state index contributed by atoms with van der Waals surface area (Å²) >= 11 is 1.12. The van der Waals surface area contributed by atoms with Crippen LogP contribution in [0.5, 0.6) is 0 Å². The van der Waals surface area contributed by atoms with Crippen molar-refractivity contribution in [1.29, 1.82) is 0 Å². The van der Waals surface area contributed by atoms with Gasteiger partial charge in [0, 0.05) is 106 Å². The largest absolute Gasteiger partial charge is 0.464 e. The lowest BCUT2D eigenvalue weighted by atomic mass is 9.84. The quantitative estimate of drug-likeness (QED) is 0.0930. The highest BCUT2D eigenvalue weighted by Gasteiger charge is 2.41. The topological polar surface area (TPSA) is 183 Å². The van der Waals surface area contributed by atoms with Crippen LogP contribution in [-0.4, -0.2) is 166 Å². The Morgan fingerprint density at radius 3 is 2.46 bits per heavy atom. The molecule has 4 amide bonds. The lowest BCUT2D eigenvalue weighted by molar-refractivity contribution is -0.155. The van der Waals surface area contributed by atoms with E-state index in [1.165, 1.54) is 30.1 Å². The molecule has 416 valence electrons. The first-order chi connectivity index (χ1) is 37.1. The van der Waals surface area contributed by atoms with E-state index in [0.717, 1.165) is 35.1 Å². The standard InChI is InChI=1S/C55H66F4N12O6S/c1-32(2)48(67(7)53(75)69-27-34(28-69)12-13-45-60-14-10-15-61-45)50(72)64-42-24-46-63-43(29-78-46)37-22-36-39(25-54(4,5)31-77-52(74)41-11-9-16-71(65-41)51(42)73)49(70(30-55(57,58)59)44(36)23-40(37)56)38-21-35(26-62-47(38)33(3)76-8)68-19-17-66(6)18-20-68/h10,14-15,21-23,26,29,32-34,41-42,48,65H,9,11,16-20,24-25,27-28,30-31H2,1-8H3,(H,64,72)/t33-,41-,42-,48-/m0/s1. The van der Waals surface area contributed by atoms with Crippen LogP contribution in [0.4, 0.5) is 28.0 Å². The van der Waals surface area contributed by atoms with Crippen LogP contribution in [0.25, 0.3) is 33.4 Å². The first kappa shape index (κ1) is 56.0. The number of esters is 1. The maximum atomic E-state index is 17.0. The van der Waals surface area contributed by atoms with E-state index in [0.29, 0.717) is 77.7 Å². The number of hydrogen-bond donors (Lipinski definition) is 2. The van der Waals surface area contributed by atoms with Crippen molar-refractivity contribution in [1.82, 2.24) is 55.0 Å². The molecule has 4 aliphatic heterocycles. The van der Waals surface area contributed by atoms with Crippen LogP contribution in [0, 0.1) is 34.9 Å². The van der Waals surface area contributed by atoms with E-state index in [1.807, 2.05) is 27.0 Å². The first-order valence-corrected chi connectivity index (χ1v) is 27.1. The highest BCUT2D eigenvalue weighted by atomic mass is 32.1. The fraction of sp³-hybridized carbons (Fsp3) is 0.527. The molecule has 9 rings (SSSR count). The van der Waals surface area contributed by atoms with Crippen molar-refractivity contribution in [3.8, 4) is 34.4 Å². The molecule has 4 aromatic heterocycles. The number of aromatic nitrogens is 5. The number of benzene rings is 1. The molecule has 1 aromatic carbocycles. The minimum atomic E-state index is -4.75. The summed E-state index contributed by atoms with van der Waals surface area (Å²) in [6.45, 7) is 11.1. The molecule has 23 heteroatoms. The molecule has 0 unspecified atom stereocenters. The van der Waals surface area contributed by atoms with Crippen LogP contribution in [0.1, 0.15) is 75.7 Å². The van der Waals surface area contributed by atoms with Gasteiger partial charge in [-0.05, 0) is 74.9 Å². The Morgan fingerprint density at radius 1 is 1.04 bits per heavy atom. The third kappa shape index (κ3) is 12.3. The van der Waals surface area contributed by atoms with E-state index < -0.39 is 77.9 Å². The van der Waals surface area contributed by atoms with Crippen molar-refractivity contribution >= 4 is 51.7 Å². The molecular formula is C55H66F4N12O6S. The van der Waals surface area contributed by atoms with Crippen molar-refractivity contribution < 1.29 is 46.2 Å². The fourth-order valence-corrected chi connectivity index (χ4v) is 11.5. The number of cyclic esters (lactones) is 1. The Morgan fingerprint density at radius 2 is 1.77 bits per heavy atom. The van der Waals surface area contributed by atoms with Gasteiger partial charge in [0.1, 0.15) is 30.5 Å². The molecule has 6 bridgehead atoms. The van der Waals surface area contributed by atoms with Crippen LogP contribution in [0.2, 0.25) is 0 Å². The normalized spacial score (nSPS) is 20.3. The molecule has 4 aliphatic rings. The average molecular weight is 1100 g/mol. The molecular weight excluding hydrogens is 1030 g/mol. The molecule has 78 heavy (non-hydrogen) atoms. The number of likely N-dealkylation sites (N-methyl/N-ethyl adjacent to an activating group) is 2. The number of methoxy groups -OCH3 is 1. The third-order valence-corrected chi connectivity index (χ3v) is 15.8. The maximum Gasteiger partial charge on any atom is 0.406 e. The van der Waals surface area contributed by atoms with Gasteiger partial charge >= 0.3 is 18.2 Å². The second kappa shape index (κ2) is 22.9. The van der Waals surface area contributed by atoms with Crippen LogP contribution < -0.4 is 15.6 Å². The summed E-state index contributed by atoms with van der Waals surface area (Å²) in [4.78, 5) is 82.4. The minimum Gasteiger partial charge on any atom is -0.464 e. The number of amides is 4. The minimum absolute atomic E-state index is 0.00202. The number of pyridine rings is 1. The number of nitrogens with zero attached hydrogens (tertiary/aromatic N) is 10. The molecule has 5 aromatic rings. The summed E-state index contributed by atoms with van der Waals surface area (Å²) in [5, 5.41) is 6.48. The predicted octanol–water partition coefficient (Wildman–Crippen LogP) is 6.49. The zero-order valence-electron chi connectivity index (χ0n) is 45.1. The Labute approximate surface area is 454 Å². The number of carbonyl (C=O) groups excluding carboxylic acids is 4. The molecule has 18 nitrogen and oxygen atoms in total. The number of fused-ring (bicyclic) bond motifs is 6. The second-order valence-electron chi connectivity index (χ2n) is 21.9. The number of hydrazine groups is 1. The monoisotopic (exact) mass is 1100 g/mol. The van der Waals surface area contributed by atoms with Gasteiger partial charge in [-0.15, -0.1) is 11.3 Å². The van der Waals surface area contributed by atoms with Crippen LogP contribution in [-0.2, 0) is 43.2 Å². The van der Waals surface area contributed by atoms with Gasteiger partial charge in [0.25, 0.3) is 5.91 Å². The van der Waals surface area contributed by atoms with Crippen molar-refractivity contribution in [2.75, 3.05) is 78.5 Å². The van der Waals surface area contributed by atoms with E-state index in [2.05, 4.69) is 42.4 Å². The molecule has 8 heterocycles. The number of anilines is 1. The molecule has 0 saturated carbocycles. The van der Waals surface area contributed by atoms with Crippen LogP contribution in [0.3, 0.4) is 0 Å². The molecule has 0 aliphatic carbocycles.